The Bertz CT molecular complexity index is 680. The van der Waals surface area contributed by atoms with Crippen LogP contribution in [-0.4, -0.2) is 46.9 Å². The molecule has 0 saturated carbocycles. The second-order valence-corrected chi connectivity index (χ2v) is 8.00. The summed E-state index contributed by atoms with van der Waals surface area (Å²) in [5, 5.41) is 3.10. The van der Waals surface area contributed by atoms with E-state index in [2.05, 4.69) is 45.1 Å². The number of aromatic nitrogens is 1. The first kappa shape index (κ1) is 16.7. The maximum atomic E-state index is 12.8. The highest BCUT2D eigenvalue weighted by atomic mass is 32.1. The number of thiazole rings is 1. The Morgan fingerprint density at radius 2 is 1.92 bits per heavy atom. The average molecular weight is 356 g/mol. The van der Waals surface area contributed by atoms with Gasteiger partial charge in [-0.15, -0.1) is 11.3 Å². The molecule has 0 aliphatic carbocycles. The molecule has 2 aliphatic rings. The first-order valence-electron chi connectivity index (χ1n) is 9.27. The van der Waals surface area contributed by atoms with Gasteiger partial charge < -0.3 is 4.90 Å². The van der Waals surface area contributed by atoms with Crippen LogP contribution in [0.15, 0.2) is 41.9 Å². The quantitative estimate of drug-likeness (QED) is 0.839. The SMILES string of the molecule is O=C(CN1CCC(c2ccccc2)CC1)N1CCCC1c1nccs1. The lowest BCUT2D eigenvalue weighted by atomic mass is 9.89. The van der Waals surface area contributed by atoms with E-state index in [4.69, 9.17) is 0 Å². The van der Waals surface area contributed by atoms with Gasteiger partial charge in [0.15, 0.2) is 0 Å². The first-order chi connectivity index (χ1) is 12.3. The largest absolute Gasteiger partial charge is 0.332 e. The summed E-state index contributed by atoms with van der Waals surface area (Å²) in [6, 6.07) is 11.0. The number of benzene rings is 1. The molecular weight excluding hydrogens is 330 g/mol. The zero-order valence-electron chi connectivity index (χ0n) is 14.5. The second-order valence-electron chi connectivity index (χ2n) is 7.08. The minimum Gasteiger partial charge on any atom is -0.332 e. The number of hydrogen-bond donors (Lipinski definition) is 0. The molecule has 132 valence electrons. The van der Waals surface area contributed by atoms with E-state index in [0.29, 0.717) is 12.5 Å². The van der Waals surface area contributed by atoms with Gasteiger partial charge in [-0.25, -0.2) is 4.98 Å². The Morgan fingerprint density at radius 1 is 1.12 bits per heavy atom. The van der Waals surface area contributed by atoms with Gasteiger partial charge in [-0.05, 0) is 50.3 Å². The second kappa shape index (κ2) is 7.67. The van der Waals surface area contributed by atoms with Crippen LogP contribution in [0.4, 0.5) is 0 Å². The van der Waals surface area contributed by atoms with E-state index < -0.39 is 0 Å². The van der Waals surface area contributed by atoms with Crippen molar-refractivity contribution in [3.05, 3.63) is 52.5 Å². The number of piperidine rings is 1. The Balaban J connectivity index is 1.32. The topological polar surface area (TPSA) is 36.4 Å². The van der Waals surface area contributed by atoms with E-state index in [1.165, 1.54) is 5.56 Å². The Labute approximate surface area is 153 Å². The predicted octanol–water partition coefficient (Wildman–Crippen LogP) is 3.69. The van der Waals surface area contributed by atoms with Gasteiger partial charge >= 0.3 is 0 Å². The number of rotatable bonds is 4. The van der Waals surface area contributed by atoms with E-state index in [9.17, 15) is 4.79 Å². The van der Waals surface area contributed by atoms with Crippen LogP contribution >= 0.6 is 11.3 Å². The van der Waals surface area contributed by atoms with Crippen LogP contribution in [-0.2, 0) is 4.79 Å². The zero-order valence-corrected chi connectivity index (χ0v) is 15.3. The van der Waals surface area contributed by atoms with Crippen LogP contribution in [0.5, 0.6) is 0 Å². The maximum absolute atomic E-state index is 12.8. The number of amides is 1. The van der Waals surface area contributed by atoms with Gasteiger partial charge in [0.1, 0.15) is 5.01 Å². The van der Waals surface area contributed by atoms with E-state index in [1.54, 1.807) is 11.3 Å². The molecule has 1 aromatic carbocycles. The van der Waals surface area contributed by atoms with Gasteiger partial charge in [0.2, 0.25) is 5.91 Å². The van der Waals surface area contributed by atoms with E-state index in [0.717, 1.165) is 50.3 Å². The Hall–Kier alpha value is -1.72. The molecule has 25 heavy (non-hydrogen) atoms. The Morgan fingerprint density at radius 3 is 2.64 bits per heavy atom. The van der Waals surface area contributed by atoms with Crippen LogP contribution < -0.4 is 0 Å². The summed E-state index contributed by atoms with van der Waals surface area (Å²) in [7, 11) is 0. The fourth-order valence-electron chi connectivity index (χ4n) is 4.15. The standard InChI is InChI=1S/C20H25N3OS/c24-19(23-11-4-7-18(23)20-21-10-14-25-20)15-22-12-8-17(9-13-22)16-5-2-1-3-6-16/h1-3,5-6,10,14,17-18H,4,7-9,11-13,15H2. The van der Waals surface area contributed by atoms with Crippen LogP contribution in [0, 0.1) is 0 Å². The van der Waals surface area contributed by atoms with Crippen molar-refractivity contribution < 1.29 is 4.79 Å². The lowest BCUT2D eigenvalue weighted by Crippen LogP contribution is -2.43. The van der Waals surface area contributed by atoms with Gasteiger partial charge in [0.25, 0.3) is 0 Å². The number of carbonyl (C=O) groups excluding carboxylic acids is 1. The molecule has 3 heterocycles. The summed E-state index contributed by atoms with van der Waals surface area (Å²) < 4.78 is 0. The third-order valence-corrected chi connectivity index (χ3v) is 6.40. The molecule has 0 radical (unpaired) electrons. The summed E-state index contributed by atoms with van der Waals surface area (Å²) in [6.45, 7) is 3.47. The summed E-state index contributed by atoms with van der Waals surface area (Å²) in [5.41, 5.74) is 1.44. The number of likely N-dealkylation sites (tertiary alicyclic amines) is 2. The molecule has 4 nitrogen and oxygen atoms in total. The summed E-state index contributed by atoms with van der Waals surface area (Å²) in [6.07, 6.45) is 6.27. The molecule has 0 N–H and O–H groups in total. The average Bonchev–Trinajstić information content (AvgIpc) is 3.34. The van der Waals surface area contributed by atoms with Crippen molar-refractivity contribution >= 4 is 17.2 Å². The molecule has 1 amide bonds. The number of hydrogen-bond acceptors (Lipinski definition) is 4. The molecule has 1 aromatic heterocycles. The summed E-state index contributed by atoms with van der Waals surface area (Å²) in [4.78, 5) is 21.7. The predicted molar refractivity (Wildman–Crippen MR) is 101 cm³/mol. The van der Waals surface area contributed by atoms with Crippen molar-refractivity contribution in [2.24, 2.45) is 0 Å². The first-order valence-corrected chi connectivity index (χ1v) is 10.2. The van der Waals surface area contributed by atoms with Crippen molar-refractivity contribution in [2.75, 3.05) is 26.2 Å². The molecule has 2 fully saturated rings. The minimum atomic E-state index is 0.203. The molecule has 2 aromatic rings. The van der Waals surface area contributed by atoms with Gasteiger partial charge in [0.05, 0.1) is 12.6 Å². The third kappa shape index (κ3) is 3.77. The number of carbonyl (C=O) groups is 1. The van der Waals surface area contributed by atoms with Crippen LogP contribution in [0.3, 0.4) is 0 Å². The van der Waals surface area contributed by atoms with Crippen LogP contribution in [0.1, 0.15) is 48.2 Å². The highest BCUT2D eigenvalue weighted by Gasteiger charge is 2.32. The van der Waals surface area contributed by atoms with Crippen molar-refractivity contribution in [3.63, 3.8) is 0 Å². The number of nitrogens with zero attached hydrogens (tertiary/aromatic N) is 3. The minimum absolute atomic E-state index is 0.203. The van der Waals surface area contributed by atoms with Gasteiger partial charge in [0, 0.05) is 18.1 Å². The lowest BCUT2D eigenvalue weighted by molar-refractivity contribution is -0.133. The molecule has 2 aliphatic heterocycles. The van der Waals surface area contributed by atoms with Crippen LogP contribution in [0.25, 0.3) is 0 Å². The molecule has 0 spiro atoms. The lowest BCUT2D eigenvalue weighted by Gasteiger charge is -2.33. The Kier molecular flexibility index (Phi) is 5.13. The fraction of sp³-hybridized carbons (Fsp3) is 0.500. The highest BCUT2D eigenvalue weighted by molar-refractivity contribution is 7.09. The van der Waals surface area contributed by atoms with Crippen molar-refractivity contribution in [1.29, 1.82) is 0 Å². The molecule has 0 bridgehead atoms. The fourth-order valence-corrected chi connectivity index (χ4v) is 4.94. The molecular formula is C20H25N3OS. The molecule has 2 saturated heterocycles. The normalized spacial score (nSPS) is 22.4. The van der Waals surface area contributed by atoms with E-state index in [1.807, 2.05) is 11.6 Å². The van der Waals surface area contributed by atoms with Gasteiger partial charge in [-0.1, -0.05) is 30.3 Å². The van der Waals surface area contributed by atoms with E-state index in [-0.39, 0.29) is 11.9 Å². The molecule has 5 heteroatoms. The molecule has 1 atom stereocenters. The van der Waals surface area contributed by atoms with E-state index >= 15 is 0 Å². The van der Waals surface area contributed by atoms with Crippen LogP contribution in [0.2, 0.25) is 0 Å². The molecule has 1 unspecified atom stereocenters. The van der Waals surface area contributed by atoms with Crippen molar-refractivity contribution in [2.45, 2.75) is 37.6 Å². The summed E-state index contributed by atoms with van der Waals surface area (Å²) >= 11 is 1.67. The smallest absolute Gasteiger partial charge is 0.237 e. The third-order valence-electron chi connectivity index (χ3n) is 5.53. The maximum Gasteiger partial charge on any atom is 0.237 e. The summed E-state index contributed by atoms with van der Waals surface area (Å²) in [5.74, 6) is 0.915. The zero-order chi connectivity index (χ0) is 17.1. The van der Waals surface area contributed by atoms with Gasteiger partial charge in [-0.3, -0.25) is 9.69 Å². The van der Waals surface area contributed by atoms with Crippen molar-refractivity contribution in [3.8, 4) is 0 Å². The highest BCUT2D eigenvalue weighted by Crippen LogP contribution is 2.33. The van der Waals surface area contributed by atoms with Gasteiger partial charge in [-0.2, -0.15) is 0 Å². The van der Waals surface area contributed by atoms with Crippen molar-refractivity contribution in [1.82, 2.24) is 14.8 Å². The monoisotopic (exact) mass is 355 g/mol. The molecule has 4 rings (SSSR count).